The fourth-order valence-electron chi connectivity index (χ4n) is 1.35. The Morgan fingerprint density at radius 3 is 3.07 bits per heavy atom. The number of aryl methyl sites for hydroxylation is 1. The van der Waals surface area contributed by atoms with E-state index in [0.717, 1.165) is 25.2 Å². The van der Waals surface area contributed by atoms with Gasteiger partial charge >= 0.3 is 0 Å². The van der Waals surface area contributed by atoms with Gasteiger partial charge in [0, 0.05) is 12.7 Å². The number of rotatable bonds is 6. The van der Waals surface area contributed by atoms with Gasteiger partial charge in [-0.15, -0.1) is 0 Å². The highest BCUT2D eigenvalue weighted by molar-refractivity contribution is 5.19. The first-order chi connectivity index (χ1) is 6.88. The number of pyridine rings is 1. The molecule has 3 heteroatoms. The second-order valence-electron chi connectivity index (χ2n) is 3.18. The van der Waals surface area contributed by atoms with Crippen LogP contribution in [-0.4, -0.2) is 18.2 Å². The molecule has 1 aromatic rings. The number of aromatic nitrogens is 1. The molecule has 0 radical (unpaired) electrons. The van der Waals surface area contributed by atoms with Gasteiger partial charge in [0.05, 0.1) is 12.4 Å². The quantitative estimate of drug-likeness (QED) is 0.705. The number of hydrogen-bond donors (Lipinski definition) is 1. The molecule has 0 saturated carbocycles. The largest absolute Gasteiger partial charge is 0.311 e. The van der Waals surface area contributed by atoms with Gasteiger partial charge in [-0.25, -0.2) is 0 Å². The summed E-state index contributed by atoms with van der Waals surface area (Å²) >= 11 is 0. The van der Waals surface area contributed by atoms with Gasteiger partial charge in [-0.05, 0) is 31.0 Å². The highest BCUT2D eigenvalue weighted by Crippen LogP contribution is 2.05. The Hall–Kier alpha value is -0.960. The van der Waals surface area contributed by atoms with Crippen molar-refractivity contribution in [2.45, 2.75) is 26.3 Å². The van der Waals surface area contributed by atoms with Crippen molar-refractivity contribution in [1.82, 2.24) is 10.3 Å². The van der Waals surface area contributed by atoms with Gasteiger partial charge in [0.25, 0.3) is 0 Å². The van der Waals surface area contributed by atoms with Crippen LogP contribution in [-0.2, 0) is 13.0 Å². The molecular weight excluding hydrogens is 179 g/mol. The van der Waals surface area contributed by atoms with Crippen LogP contribution >= 0.6 is 0 Å². The van der Waals surface area contributed by atoms with E-state index in [9.17, 15) is 4.39 Å². The Bertz CT molecular complexity index is 263. The van der Waals surface area contributed by atoms with E-state index in [2.05, 4.69) is 23.3 Å². The minimum absolute atomic E-state index is 0.254. The summed E-state index contributed by atoms with van der Waals surface area (Å²) in [5, 5.41) is 3.17. The van der Waals surface area contributed by atoms with Gasteiger partial charge in [0.15, 0.2) is 0 Å². The lowest BCUT2D eigenvalue weighted by Crippen LogP contribution is -2.17. The monoisotopic (exact) mass is 196 g/mol. The third kappa shape index (κ3) is 3.42. The zero-order valence-electron chi connectivity index (χ0n) is 8.59. The van der Waals surface area contributed by atoms with Gasteiger partial charge < -0.3 is 5.32 Å². The van der Waals surface area contributed by atoms with Crippen molar-refractivity contribution in [2.75, 3.05) is 13.2 Å². The average molecular weight is 196 g/mol. The molecule has 1 N–H and O–H groups in total. The van der Waals surface area contributed by atoms with Gasteiger partial charge in [-0.2, -0.15) is 0 Å². The SMILES string of the molecule is CCc1cccnc1CNCCCF. The second-order valence-corrected chi connectivity index (χ2v) is 3.18. The van der Waals surface area contributed by atoms with Crippen molar-refractivity contribution in [3.8, 4) is 0 Å². The topological polar surface area (TPSA) is 24.9 Å². The van der Waals surface area contributed by atoms with Crippen molar-refractivity contribution in [1.29, 1.82) is 0 Å². The first kappa shape index (κ1) is 11.1. The standard InChI is InChI=1S/C11H17FN2/c1-2-10-5-3-8-14-11(10)9-13-7-4-6-12/h3,5,8,13H,2,4,6-7,9H2,1H3. The molecule has 0 aliphatic heterocycles. The predicted octanol–water partition coefficient (Wildman–Crippen LogP) is 2.09. The molecule has 0 aromatic carbocycles. The highest BCUT2D eigenvalue weighted by Gasteiger charge is 1.99. The first-order valence-electron chi connectivity index (χ1n) is 5.08. The van der Waals surface area contributed by atoms with Crippen LogP contribution < -0.4 is 5.32 Å². The summed E-state index contributed by atoms with van der Waals surface area (Å²) in [6, 6.07) is 4.03. The Labute approximate surface area is 84.6 Å². The van der Waals surface area contributed by atoms with Crippen LogP contribution in [0.4, 0.5) is 4.39 Å². The summed E-state index contributed by atoms with van der Waals surface area (Å²) in [5.74, 6) is 0. The Morgan fingerprint density at radius 2 is 2.36 bits per heavy atom. The summed E-state index contributed by atoms with van der Waals surface area (Å²) in [4.78, 5) is 4.29. The number of alkyl halides is 1. The van der Waals surface area contributed by atoms with Gasteiger partial charge in [-0.3, -0.25) is 9.37 Å². The molecular formula is C11H17FN2. The molecule has 1 rings (SSSR count). The van der Waals surface area contributed by atoms with Crippen LogP contribution in [0.5, 0.6) is 0 Å². The van der Waals surface area contributed by atoms with Crippen LogP contribution in [0.2, 0.25) is 0 Å². The van der Waals surface area contributed by atoms with Crippen LogP contribution in [0.15, 0.2) is 18.3 Å². The molecule has 14 heavy (non-hydrogen) atoms. The Morgan fingerprint density at radius 1 is 1.50 bits per heavy atom. The predicted molar refractivity (Wildman–Crippen MR) is 55.9 cm³/mol. The highest BCUT2D eigenvalue weighted by atomic mass is 19.1. The fraction of sp³-hybridized carbons (Fsp3) is 0.545. The molecule has 0 spiro atoms. The summed E-state index contributed by atoms with van der Waals surface area (Å²) < 4.78 is 11.8. The van der Waals surface area contributed by atoms with Gasteiger partial charge in [0.1, 0.15) is 0 Å². The summed E-state index contributed by atoms with van der Waals surface area (Å²) in [5.41, 5.74) is 2.34. The van der Waals surface area contributed by atoms with E-state index < -0.39 is 0 Å². The maximum Gasteiger partial charge on any atom is 0.0906 e. The maximum absolute atomic E-state index is 11.8. The molecule has 2 nitrogen and oxygen atoms in total. The van der Waals surface area contributed by atoms with E-state index in [1.54, 1.807) is 6.20 Å². The van der Waals surface area contributed by atoms with Crippen LogP contribution in [0.25, 0.3) is 0 Å². The van der Waals surface area contributed by atoms with Crippen molar-refractivity contribution in [3.05, 3.63) is 29.6 Å². The Balaban J connectivity index is 2.41. The molecule has 0 amide bonds. The third-order valence-electron chi connectivity index (χ3n) is 2.15. The molecule has 78 valence electrons. The van der Waals surface area contributed by atoms with Gasteiger partial charge in [-0.1, -0.05) is 13.0 Å². The summed E-state index contributed by atoms with van der Waals surface area (Å²) in [6.07, 6.45) is 3.37. The van der Waals surface area contributed by atoms with Crippen LogP contribution in [0, 0.1) is 0 Å². The summed E-state index contributed by atoms with van der Waals surface area (Å²) in [7, 11) is 0. The van der Waals surface area contributed by atoms with Gasteiger partial charge in [0.2, 0.25) is 0 Å². The molecule has 0 unspecified atom stereocenters. The number of nitrogens with one attached hydrogen (secondary N) is 1. The zero-order chi connectivity index (χ0) is 10.2. The summed E-state index contributed by atoms with van der Waals surface area (Å²) in [6.45, 7) is 3.32. The molecule has 0 saturated heterocycles. The Kier molecular flexibility index (Phi) is 5.15. The van der Waals surface area contributed by atoms with E-state index in [0.29, 0.717) is 6.42 Å². The molecule has 0 atom stereocenters. The lowest BCUT2D eigenvalue weighted by Gasteiger charge is -2.06. The molecule has 0 fully saturated rings. The first-order valence-corrected chi connectivity index (χ1v) is 5.08. The number of nitrogens with zero attached hydrogens (tertiary/aromatic N) is 1. The number of hydrogen-bond acceptors (Lipinski definition) is 2. The van der Waals surface area contributed by atoms with E-state index in [1.807, 2.05) is 6.07 Å². The van der Waals surface area contributed by atoms with Crippen molar-refractivity contribution in [2.24, 2.45) is 0 Å². The minimum atomic E-state index is -0.254. The fourth-order valence-corrected chi connectivity index (χ4v) is 1.35. The molecule has 0 aliphatic rings. The molecule has 0 bridgehead atoms. The van der Waals surface area contributed by atoms with Crippen molar-refractivity contribution in [3.63, 3.8) is 0 Å². The van der Waals surface area contributed by atoms with E-state index in [4.69, 9.17) is 0 Å². The zero-order valence-corrected chi connectivity index (χ0v) is 8.59. The number of halogens is 1. The molecule has 1 heterocycles. The van der Waals surface area contributed by atoms with Crippen molar-refractivity contribution >= 4 is 0 Å². The average Bonchev–Trinajstić information content (AvgIpc) is 2.25. The lowest BCUT2D eigenvalue weighted by molar-refractivity contribution is 0.458. The van der Waals surface area contributed by atoms with Crippen LogP contribution in [0.3, 0.4) is 0 Å². The lowest BCUT2D eigenvalue weighted by atomic mass is 10.1. The van der Waals surface area contributed by atoms with Crippen molar-refractivity contribution < 1.29 is 4.39 Å². The minimum Gasteiger partial charge on any atom is -0.311 e. The van der Waals surface area contributed by atoms with E-state index >= 15 is 0 Å². The molecule has 1 aromatic heterocycles. The van der Waals surface area contributed by atoms with E-state index in [1.165, 1.54) is 5.56 Å². The van der Waals surface area contributed by atoms with Crippen LogP contribution in [0.1, 0.15) is 24.6 Å². The smallest absolute Gasteiger partial charge is 0.0906 e. The molecule has 0 aliphatic carbocycles. The maximum atomic E-state index is 11.8. The normalized spacial score (nSPS) is 10.4. The van der Waals surface area contributed by atoms with E-state index in [-0.39, 0.29) is 6.67 Å². The second kappa shape index (κ2) is 6.49. The third-order valence-corrected chi connectivity index (χ3v) is 2.15.